The molecule has 2 unspecified atom stereocenters. The molecule has 1 aromatic heterocycles. The fraction of sp³-hybridized carbons (Fsp3) is 0.286. The van der Waals surface area contributed by atoms with Gasteiger partial charge in [0.05, 0.1) is 7.11 Å². The first-order valence-corrected chi connectivity index (χ1v) is 6.06. The summed E-state index contributed by atoms with van der Waals surface area (Å²) in [6.07, 6.45) is 2.34. The highest BCUT2D eigenvalue weighted by Crippen LogP contribution is 2.33. The van der Waals surface area contributed by atoms with Crippen LogP contribution >= 0.6 is 0 Å². The van der Waals surface area contributed by atoms with E-state index in [1.54, 1.807) is 25.6 Å². The van der Waals surface area contributed by atoms with Gasteiger partial charge in [-0.25, -0.2) is 9.97 Å². The Morgan fingerprint density at radius 3 is 2.53 bits per heavy atom. The molecule has 3 N–H and O–H groups in total. The predicted octanol–water partition coefficient (Wildman–Crippen LogP) is 1.26. The summed E-state index contributed by atoms with van der Waals surface area (Å²) in [7, 11) is 1.60. The monoisotopic (exact) mass is 259 g/mol. The molecule has 5 nitrogen and oxygen atoms in total. The number of ether oxygens (including phenoxy) is 1. The zero-order valence-electron chi connectivity index (χ0n) is 10.7. The summed E-state index contributed by atoms with van der Waals surface area (Å²) in [4.78, 5) is 8.14. The Morgan fingerprint density at radius 2 is 1.89 bits per heavy atom. The van der Waals surface area contributed by atoms with Crippen LogP contribution in [0, 0.1) is 0 Å². The topological polar surface area (TPSA) is 81.3 Å². The lowest BCUT2D eigenvalue weighted by Crippen LogP contribution is -2.22. The Hall–Kier alpha value is -1.98. The molecule has 100 valence electrons. The molecule has 0 amide bonds. The van der Waals surface area contributed by atoms with Gasteiger partial charge in [-0.2, -0.15) is 0 Å². The van der Waals surface area contributed by atoms with Gasteiger partial charge in [-0.1, -0.05) is 18.2 Å². The maximum Gasteiger partial charge on any atom is 0.157 e. The smallest absolute Gasteiger partial charge is 0.157 e. The van der Waals surface area contributed by atoms with Crippen LogP contribution in [0.1, 0.15) is 23.4 Å². The average Bonchev–Trinajstić information content (AvgIpc) is 2.49. The summed E-state index contributed by atoms with van der Waals surface area (Å²) in [6, 6.07) is 9.20. The predicted molar refractivity (Wildman–Crippen MR) is 71.8 cm³/mol. The van der Waals surface area contributed by atoms with Gasteiger partial charge >= 0.3 is 0 Å². The van der Waals surface area contributed by atoms with Crippen LogP contribution in [0.3, 0.4) is 0 Å². The summed E-state index contributed by atoms with van der Waals surface area (Å²) in [5, 5.41) is 10.4. The molecule has 0 bridgehead atoms. The Balaban J connectivity index is 2.34. The molecule has 1 heterocycles. The molecule has 0 radical (unpaired) electrons. The Kier molecular flexibility index (Phi) is 4.43. The number of nitrogens with zero attached hydrogens (tertiary/aromatic N) is 2. The average molecular weight is 259 g/mol. The lowest BCUT2D eigenvalue weighted by Gasteiger charge is -2.22. The first-order chi connectivity index (χ1) is 9.27. The zero-order chi connectivity index (χ0) is 13.7. The molecule has 19 heavy (non-hydrogen) atoms. The number of benzene rings is 1. The van der Waals surface area contributed by atoms with Gasteiger partial charge in [0.15, 0.2) is 5.82 Å². The van der Waals surface area contributed by atoms with Crippen LogP contribution in [0.25, 0.3) is 0 Å². The van der Waals surface area contributed by atoms with Gasteiger partial charge in [-0.05, 0) is 12.1 Å². The van der Waals surface area contributed by atoms with E-state index in [9.17, 15) is 5.11 Å². The minimum Gasteiger partial charge on any atom is -0.496 e. The molecular weight excluding hydrogens is 242 g/mol. The van der Waals surface area contributed by atoms with E-state index in [4.69, 9.17) is 10.5 Å². The number of rotatable bonds is 5. The van der Waals surface area contributed by atoms with Crippen molar-refractivity contribution in [2.45, 2.75) is 12.0 Å². The number of hydrogen-bond acceptors (Lipinski definition) is 5. The number of aliphatic hydroxyl groups is 1. The molecule has 2 rings (SSSR count). The second-order valence-electron chi connectivity index (χ2n) is 4.14. The number of aliphatic hydroxyl groups excluding tert-OH is 1. The van der Waals surface area contributed by atoms with Crippen LogP contribution in [0.2, 0.25) is 0 Å². The zero-order valence-corrected chi connectivity index (χ0v) is 10.7. The van der Waals surface area contributed by atoms with E-state index >= 15 is 0 Å². The van der Waals surface area contributed by atoms with Crippen molar-refractivity contribution in [3.05, 3.63) is 54.1 Å². The van der Waals surface area contributed by atoms with Crippen molar-refractivity contribution in [2.24, 2.45) is 5.73 Å². The molecule has 0 fully saturated rings. The van der Waals surface area contributed by atoms with Gasteiger partial charge in [0.1, 0.15) is 11.9 Å². The molecule has 0 aliphatic carbocycles. The number of nitrogens with two attached hydrogens (primary N) is 1. The summed E-state index contributed by atoms with van der Waals surface area (Å²) >= 11 is 0. The lowest BCUT2D eigenvalue weighted by molar-refractivity contribution is 0.136. The summed E-state index contributed by atoms with van der Waals surface area (Å²) < 4.78 is 5.31. The molecule has 0 saturated carbocycles. The molecule has 2 aromatic rings. The summed E-state index contributed by atoms with van der Waals surface area (Å²) in [5.74, 6) is 0.760. The highest BCUT2D eigenvalue weighted by atomic mass is 16.5. The number of hydrogen-bond donors (Lipinski definition) is 2. The third-order valence-corrected chi connectivity index (χ3v) is 3.02. The third kappa shape index (κ3) is 2.89. The maximum absolute atomic E-state index is 10.4. The highest BCUT2D eigenvalue weighted by Gasteiger charge is 2.25. The minimum atomic E-state index is -0.859. The number of aromatic nitrogens is 2. The van der Waals surface area contributed by atoms with Crippen molar-refractivity contribution in [3.63, 3.8) is 0 Å². The van der Waals surface area contributed by atoms with Crippen molar-refractivity contribution >= 4 is 0 Å². The highest BCUT2D eigenvalue weighted by molar-refractivity contribution is 5.37. The maximum atomic E-state index is 10.4. The first kappa shape index (κ1) is 13.5. The Labute approximate surface area is 112 Å². The summed E-state index contributed by atoms with van der Waals surface area (Å²) in [5.41, 5.74) is 6.65. The lowest BCUT2D eigenvalue weighted by atomic mass is 9.92. The Morgan fingerprint density at radius 1 is 1.21 bits per heavy atom. The van der Waals surface area contributed by atoms with Crippen LogP contribution < -0.4 is 10.5 Å². The van der Waals surface area contributed by atoms with Crippen molar-refractivity contribution < 1.29 is 9.84 Å². The fourth-order valence-corrected chi connectivity index (χ4v) is 2.04. The van der Waals surface area contributed by atoms with E-state index in [-0.39, 0.29) is 12.5 Å². The van der Waals surface area contributed by atoms with E-state index < -0.39 is 6.10 Å². The molecule has 0 aliphatic rings. The molecule has 5 heteroatoms. The van der Waals surface area contributed by atoms with Crippen LogP contribution in [-0.2, 0) is 0 Å². The normalized spacial score (nSPS) is 13.8. The van der Waals surface area contributed by atoms with E-state index in [2.05, 4.69) is 9.97 Å². The minimum absolute atomic E-state index is 0.278. The molecule has 0 spiro atoms. The second-order valence-corrected chi connectivity index (χ2v) is 4.14. The summed E-state index contributed by atoms with van der Waals surface area (Å²) in [6.45, 7) is 0.278. The van der Waals surface area contributed by atoms with Crippen LogP contribution in [0.15, 0.2) is 42.7 Å². The van der Waals surface area contributed by atoms with E-state index in [1.165, 1.54) is 0 Å². The van der Waals surface area contributed by atoms with Gasteiger partial charge in [-0.15, -0.1) is 0 Å². The number of para-hydroxylation sites is 1. The molecule has 0 saturated heterocycles. The van der Waals surface area contributed by atoms with E-state index in [1.807, 2.05) is 24.3 Å². The van der Waals surface area contributed by atoms with E-state index in [0.717, 1.165) is 5.56 Å². The quantitative estimate of drug-likeness (QED) is 0.845. The van der Waals surface area contributed by atoms with Crippen molar-refractivity contribution in [1.82, 2.24) is 9.97 Å². The number of methoxy groups -OCH3 is 1. The first-order valence-electron chi connectivity index (χ1n) is 6.06. The van der Waals surface area contributed by atoms with Crippen molar-refractivity contribution in [3.8, 4) is 5.75 Å². The van der Waals surface area contributed by atoms with Gasteiger partial charge in [0, 0.05) is 30.4 Å². The van der Waals surface area contributed by atoms with Crippen molar-refractivity contribution in [1.29, 1.82) is 0 Å². The van der Waals surface area contributed by atoms with Crippen LogP contribution in [0.5, 0.6) is 5.75 Å². The van der Waals surface area contributed by atoms with Gasteiger partial charge in [0.25, 0.3) is 0 Å². The van der Waals surface area contributed by atoms with Crippen molar-refractivity contribution in [2.75, 3.05) is 13.7 Å². The standard InChI is InChI=1S/C14H17N3O2/c1-19-12-6-3-2-5-10(12)11(9-15)13(18)14-16-7-4-8-17-14/h2-8,11,13,18H,9,15H2,1H3. The molecule has 2 atom stereocenters. The SMILES string of the molecule is COc1ccccc1C(CN)C(O)c1ncccn1. The van der Waals surface area contributed by atoms with Gasteiger partial charge < -0.3 is 15.6 Å². The van der Waals surface area contributed by atoms with Gasteiger partial charge in [-0.3, -0.25) is 0 Å². The van der Waals surface area contributed by atoms with Gasteiger partial charge in [0.2, 0.25) is 0 Å². The van der Waals surface area contributed by atoms with Crippen LogP contribution in [0.4, 0.5) is 0 Å². The molecular formula is C14H17N3O2. The third-order valence-electron chi connectivity index (χ3n) is 3.02. The van der Waals surface area contributed by atoms with Crippen LogP contribution in [-0.4, -0.2) is 28.7 Å². The molecule has 1 aromatic carbocycles. The second kappa shape index (κ2) is 6.26. The molecule has 0 aliphatic heterocycles. The Bertz CT molecular complexity index is 519. The largest absolute Gasteiger partial charge is 0.496 e. The van der Waals surface area contributed by atoms with E-state index in [0.29, 0.717) is 11.6 Å². The fourth-order valence-electron chi connectivity index (χ4n) is 2.04.